The van der Waals surface area contributed by atoms with Gasteiger partial charge in [0.25, 0.3) is 0 Å². The van der Waals surface area contributed by atoms with E-state index in [-0.39, 0.29) is 0 Å². The summed E-state index contributed by atoms with van der Waals surface area (Å²) in [6.45, 7) is 0.857. The van der Waals surface area contributed by atoms with Gasteiger partial charge in [-0.25, -0.2) is 0 Å². The molecule has 0 aliphatic heterocycles. The van der Waals surface area contributed by atoms with Crippen LogP contribution in [0.3, 0.4) is 0 Å². The van der Waals surface area contributed by atoms with Gasteiger partial charge in [-0.2, -0.15) is 4.98 Å². The Bertz CT molecular complexity index is 348. The number of ether oxygens (including phenoxy) is 1. The van der Waals surface area contributed by atoms with Gasteiger partial charge in [-0.15, -0.1) is 11.6 Å². The Morgan fingerprint density at radius 2 is 2.38 bits per heavy atom. The fraction of sp³-hybridized carbons (Fsp3) is 0.636. The van der Waals surface area contributed by atoms with E-state index >= 15 is 0 Å². The molecule has 0 spiro atoms. The molecule has 1 aromatic rings. The number of nitrogens with one attached hydrogen (secondary N) is 1. The van der Waals surface area contributed by atoms with Crippen LogP contribution in [0.5, 0.6) is 5.88 Å². The Morgan fingerprint density at radius 3 is 3.06 bits per heavy atom. The van der Waals surface area contributed by atoms with E-state index in [0.717, 1.165) is 18.8 Å². The molecule has 1 aliphatic carbocycles. The third-order valence-electron chi connectivity index (χ3n) is 2.93. The average molecular weight is 242 g/mol. The summed E-state index contributed by atoms with van der Waals surface area (Å²) in [5.41, 5.74) is 0. The van der Waals surface area contributed by atoms with E-state index in [1.165, 1.54) is 12.8 Å². The summed E-state index contributed by atoms with van der Waals surface area (Å²) >= 11 is 6.20. The third-order valence-corrected chi connectivity index (χ3v) is 3.51. The number of methoxy groups -OCH3 is 1. The van der Waals surface area contributed by atoms with Crippen LogP contribution in [0.25, 0.3) is 0 Å². The Balaban J connectivity index is 1.88. The molecule has 88 valence electrons. The highest BCUT2D eigenvalue weighted by molar-refractivity contribution is 6.20. The molecule has 1 heterocycles. The van der Waals surface area contributed by atoms with Crippen molar-refractivity contribution in [1.82, 2.24) is 9.97 Å². The van der Waals surface area contributed by atoms with E-state index in [0.29, 0.717) is 17.2 Å². The number of rotatable bonds is 4. The zero-order valence-corrected chi connectivity index (χ0v) is 10.1. The molecule has 0 aromatic carbocycles. The van der Waals surface area contributed by atoms with Gasteiger partial charge in [0.05, 0.1) is 19.5 Å². The van der Waals surface area contributed by atoms with Crippen molar-refractivity contribution in [3.63, 3.8) is 0 Å². The normalized spacial score (nSPS) is 24.4. The summed E-state index contributed by atoms with van der Waals surface area (Å²) in [5.74, 6) is 1.81. The standard InChI is InChI=1S/C11H16ClN3O/c1-16-11-7-13-6-10(15-11)14-5-8-3-2-4-9(8)12/h6-9H,2-5H2,1H3,(H,14,15). The maximum Gasteiger partial charge on any atom is 0.233 e. The molecule has 1 aromatic heterocycles. The fourth-order valence-corrected chi connectivity index (χ4v) is 2.36. The monoisotopic (exact) mass is 241 g/mol. The minimum absolute atomic E-state index is 0.297. The van der Waals surface area contributed by atoms with Gasteiger partial charge >= 0.3 is 0 Å². The lowest BCUT2D eigenvalue weighted by Crippen LogP contribution is -2.19. The molecule has 0 bridgehead atoms. The molecule has 1 aliphatic rings. The van der Waals surface area contributed by atoms with Gasteiger partial charge < -0.3 is 10.1 Å². The van der Waals surface area contributed by atoms with Crippen molar-refractivity contribution in [1.29, 1.82) is 0 Å². The van der Waals surface area contributed by atoms with Crippen molar-refractivity contribution in [3.8, 4) is 5.88 Å². The van der Waals surface area contributed by atoms with E-state index in [2.05, 4.69) is 15.3 Å². The largest absolute Gasteiger partial charge is 0.480 e. The van der Waals surface area contributed by atoms with Crippen molar-refractivity contribution in [2.75, 3.05) is 19.0 Å². The zero-order chi connectivity index (χ0) is 11.4. The molecular weight excluding hydrogens is 226 g/mol. The molecule has 0 amide bonds. The molecule has 2 rings (SSSR count). The van der Waals surface area contributed by atoms with E-state index in [4.69, 9.17) is 16.3 Å². The maximum absolute atomic E-state index is 6.20. The lowest BCUT2D eigenvalue weighted by Gasteiger charge is -2.14. The van der Waals surface area contributed by atoms with Gasteiger partial charge in [0.15, 0.2) is 0 Å². The number of halogens is 1. The summed E-state index contributed by atoms with van der Waals surface area (Å²) in [7, 11) is 1.58. The van der Waals surface area contributed by atoms with E-state index in [1.54, 1.807) is 19.5 Å². The summed E-state index contributed by atoms with van der Waals surface area (Å²) < 4.78 is 5.01. The minimum Gasteiger partial charge on any atom is -0.480 e. The van der Waals surface area contributed by atoms with Crippen molar-refractivity contribution in [2.24, 2.45) is 5.92 Å². The first-order valence-corrected chi connectivity index (χ1v) is 5.97. The second-order valence-corrected chi connectivity index (χ2v) is 4.60. The summed E-state index contributed by atoms with van der Waals surface area (Å²) in [4.78, 5) is 8.28. The number of hydrogen-bond acceptors (Lipinski definition) is 4. The first kappa shape index (κ1) is 11.5. The van der Waals surface area contributed by atoms with Crippen LogP contribution in [0.2, 0.25) is 0 Å². The maximum atomic E-state index is 6.20. The van der Waals surface area contributed by atoms with Crippen LogP contribution in [-0.2, 0) is 0 Å². The van der Waals surface area contributed by atoms with Gasteiger partial charge in [0.2, 0.25) is 5.88 Å². The molecule has 0 radical (unpaired) electrons. The zero-order valence-electron chi connectivity index (χ0n) is 9.32. The highest BCUT2D eigenvalue weighted by atomic mass is 35.5. The first-order chi connectivity index (χ1) is 7.79. The number of alkyl halides is 1. The molecule has 0 saturated heterocycles. The second kappa shape index (κ2) is 5.34. The smallest absolute Gasteiger partial charge is 0.233 e. The Kier molecular flexibility index (Phi) is 3.83. The highest BCUT2D eigenvalue weighted by Crippen LogP contribution is 2.30. The first-order valence-electron chi connectivity index (χ1n) is 5.53. The van der Waals surface area contributed by atoms with Gasteiger partial charge in [-0.05, 0) is 18.8 Å². The quantitative estimate of drug-likeness (QED) is 0.822. The van der Waals surface area contributed by atoms with Crippen molar-refractivity contribution < 1.29 is 4.74 Å². The summed E-state index contributed by atoms with van der Waals surface area (Å²) in [6.07, 6.45) is 6.83. The molecule has 5 heteroatoms. The Labute approximate surface area is 100 Å². The summed E-state index contributed by atoms with van der Waals surface area (Å²) in [6, 6.07) is 0. The number of hydrogen-bond donors (Lipinski definition) is 1. The minimum atomic E-state index is 0.297. The van der Waals surface area contributed by atoms with Gasteiger partial charge in [-0.3, -0.25) is 4.98 Å². The van der Waals surface area contributed by atoms with Crippen molar-refractivity contribution >= 4 is 17.4 Å². The van der Waals surface area contributed by atoms with Crippen LogP contribution >= 0.6 is 11.6 Å². The molecular formula is C11H16ClN3O. The number of anilines is 1. The van der Waals surface area contributed by atoms with Crippen LogP contribution in [0.1, 0.15) is 19.3 Å². The molecule has 16 heavy (non-hydrogen) atoms. The van der Waals surface area contributed by atoms with Gasteiger partial charge in [-0.1, -0.05) is 6.42 Å². The Hall–Kier alpha value is -1.03. The third kappa shape index (κ3) is 2.76. The van der Waals surface area contributed by atoms with Gasteiger partial charge in [0, 0.05) is 11.9 Å². The van der Waals surface area contributed by atoms with E-state index < -0.39 is 0 Å². The fourth-order valence-electron chi connectivity index (χ4n) is 1.99. The van der Waals surface area contributed by atoms with Crippen LogP contribution < -0.4 is 10.1 Å². The predicted octanol–water partition coefficient (Wildman–Crippen LogP) is 2.30. The lowest BCUT2D eigenvalue weighted by atomic mass is 10.1. The second-order valence-electron chi connectivity index (χ2n) is 4.03. The van der Waals surface area contributed by atoms with Crippen LogP contribution in [0, 0.1) is 5.92 Å². The summed E-state index contributed by atoms with van der Waals surface area (Å²) in [5, 5.41) is 3.55. The molecule has 1 N–H and O–H groups in total. The molecule has 4 nitrogen and oxygen atoms in total. The topological polar surface area (TPSA) is 47.0 Å². The van der Waals surface area contributed by atoms with Gasteiger partial charge in [0.1, 0.15) is 5.82 Å². The SMILES string of the molecule is COc1cncc(NCC2CCCC2Cl)n1. The molecule has 2 atom stereocenters. The lowest BCUT2D eigenvalue weighted by molar-refractivity contribution is 0.396. The highest BCUT2D eigenvalue weighted by Gasteiger charge is 2.24. The number of aromatic nitrogens is 2. The van der Waals surface area contributed by atoms with Crippen molar-refractivity contribution in [2.45, 2.75) is 24.6 Å². The van der Waals surface area contributed by atoms with Crippen molar-refractivity contribution in [3.05, 3.63) is 12.4 Å². The van der Waals surface area contributed by atoms with Crippen LogP contribution in [0.4, 0.5) is 5.82 Å². The number of nitrogens with zero attached hydrogens (tertiary/aromatic N) is 2. The Morgan fingerprint density at radius 1 is 1.50 bits per heavy atom. The predicted molar refractivity (Wildman–Crippen MR) is 64.1 cm³/mol. The molecule has 1 saturated carbocycles. The van der Waals surface area contributed by atoms with E-state index in [1.807, 2.05) is 0 Å². The van der Waals surface area contributed by atoms with Crippen LogP contribution in [-0.4, -0.2) is 29.0 Å². The molecule has 1 fully saturated rings. The average Bonchev–Trinajstić information content (AvgIpc) is 2.72. The van der Waals surface area contributed by atoms with Crippen LogP contribution in [0.15, 0.2) is 12.4 Å². The van der Waals surface area contributed by atoms with E-state index in [9.17, 15) is 0 Å². The molecule has 2 unspecified atom stereocenters.